The molecule has 7 heteroatoms. The number of amides is 2. The van der Waals surface area contributed by atoms with Gasteiger partial charge in [0.15, 0.2) is 0 Å². The van der Waals surface area contributed by atoms with Crippen molar-refractivity contribution in [3.05, 3.63) is 29.3 Å². The molecule has 0 saturated heterocycles. The van der Waals surface area contributed by atoms with E-state index < -0.39 is 21.8 Å². The average Bonchev–Trinajstić information content (AvgIpc) is 3.02. The molecule has 2 fully saturated rings. The highest BCUT2D eigenvalue weighted by molar-refractivity contribution is 7.89. The Balaban J connectivity index is 1.66. The van der Waals surface area contributed by atoms with Gasteiger partial charge in [0.1, 0.15) is 0 Å². The summed E-state index contributed by atoms with van der Waals surface area (Å²) in [6.07, 6.45) is 3.00. The summed E-state index contributed by atoms with van der Waals surface area (Å²) < 4.78 is 28.8. The second-order valence-electron chi connectivity index (χ2n) is 8.66. The van der Waals surface area contributed by atoms with E-state index in [1.807, 2.05) is 0 Å². The van der Waals surface area contributed by atoms with Crippen molar-refractivity contribution in [2.75, 3.05) is 7.05 Å². The van der Waals surface area contributed by atoms with Crippen LogP contribution in [0.3, 0.4) is 0 Å². The zero-order chi connectivity index (χ0) is 19.1. The predicted octanol–water partition coefficient (Wildman–Crippen LogP) is 2.41. The maximum atomic E-state index is 13.0. The molecule has 3 atom stereocenters. The van der Waals surface area contributed by atoms with Gasteiger partial charge in [-0.3, -0.25) is 14.5 Å². The third-order valence-electron chi connectivity index (χ3n) is 7.46. The molecule has 3 aliphatic rings. The largest absolute Gasteiger partial charge is 0.277 e. The first-order chi connectivity index (χ1) is 12.0. The maximum absolute atomic E-state index is 13.0. The van der Waals surface area contributed by atoms with Gasteiger partial charge >= 0.3 is 0 Å². The molecule has 0 spiro atoms. The van der Waals surface area contributed by atoms with Crippen molar-refractivity contribution >= 4 is 21.8 Å². The molecular formula is C19H24N2O4S. The van der Waals surface area contributed by atoms with Gasteiger partial charge in [-0.15, -0.1) is 0 Å². The molecule has 4 rings (SSSR count). The lowest BCUT2D eigenvalue weighted by Crippen LogP contribution is -2.46. The molecule has 26 heavy (non-hydrogen) atoms. The molecule has 0 aromatic heterocycles. The minimum Gasteiger partial charge on any atom is -0.277 e. The van der Waals surface area contributed by atoms with Gasteiger partial charge in [-0.2, -0.15) is 0 Å². The topological polar surface area (TPSA) is 83.6 Å². The van der Waals surface area contributed by atoms with Gasteiger partial charge in [0.05, 0.1) is 16.0 Å². The summed E-state index contributed by atoms with van der Waals surface area (Å²) in [4.78, 5) is 25.2. The number of rotatable bonds is 3. The molecule has 0 radical (unpaired) electrons. The first kappa shape index (κ1) is 17.7. The monoisotopic (exact) mass is 376 g/mol. The Morgan fingerprint density at radius 2 is 1.77 bits per heavy atom. The number of nitrogens with zero attached hydrogens (tertiary/aromatic N) is 1. The number of nitrogens with one attached hydrogen (secondary N) is 1. The number of imide groups is 1. The minimum atomic E-state index is -3.77. The van der Waals surface area contributed by atoms with E-state index in [0.29, 0.717) is 5.92 Å². The van der Waals surface area contributed by atoms with Crippen LogP contribution in [0.4, 0.5) is 0 Å². The van der Waals surface area contributed by atoms with Gasteiger partial charge in [-0.05, 0) is 54.2 Å². The van der Waals surface area contributed by atoms with Crippen LogP contribution in [-0.2, 0) is 10.0 Å². The summed E-state index contributed by atoms with van der Waals surface area (Å²) in [5.74, 6) is -0.340. The lowest BCUT2D eigenvalue weighted by Gasteiger charge is -2.39. The minimum absolute atomic E-state index is 0.0388. The van der Waals surface area contributed by atoms with Crippen LogP contribution in [0.5, 0.6) is 0 Å². The van der Waals surface area contributed by atoms with Crippen LogP contribution in [0.1, 0.15) is 60.7 Å². The van der Waals surface area contributed by atoms with E-state index in [-0.39, 0.29) is 32.9 Å². The van der Waals surface area contributed by atoms with Crippen molar-refractivity contribution in [1.82, 2.24) is 9.62 Å². The number of sulfonamides is 1. The SMILES string of the molecule is CN1C(=O)c2ccc(S(=O)(=O)NC3CC4CCC3(C)C4(C)C)cc2C1=O. The Morgan fingerprint density at radius 3 is 2.35 bits per heavy atom. The number of carbonyl (C=O) groups excluding carboxylic acids is 2. The van der Waals surface area contributed by atoms with Gasteiger partial charge < -0.3 is 0 Å². The molecule has 2 saturated carbocycles. The fraction of sp³-hybridized carbons (Fsp3) is 0.579. The summed E-state index contributed by atoms with van der Waals surface area (Å²) >= 11 is 0. The van der Waals surface area contributed by atoms with Gasteiger partial charge in [-0.25, -0.2) is 13.1 Å². The summed E-state index contributed by atoms with van der Waals surface area (Å²) in [6.45, 7) is 6.63. The molecule has 6 nitrogen and oxygen atoms in total. The van der Waals surface area contributed by atoms with E-state index in [1.165, 1.54) is 25.2 Å². The van der Waals surface area contributed by atoms with Crippen LogP contribution in [0.15, 0.2) is 23.1 Å². The third-order valence-corrected chi connectivity index (χ3v) is 8.93. The van der Waals surface area contributed by atoms with E-state index >= 15 is 0 Å². The van der Waals surface area contributed by atoms with E-state index in [9.17, 15) is 18.0 Å². The molecule has 1 aliphatic heterocycles. The van der Waals surface area contributed by atoms with Crippen LogP contribution in [0.2, 0.25) is 0 Å². The molecule has 2 bridgehead atoms. The lowest BCUT2D eigenvalue weighted by molar-refractivity contribution is 0.0693. The van der Waals surface area contributed by atoms with Gasteiger partial charge in [-0.1, -0.05) is 20.8 Å². The number of fused-ring (bicyclic) bond motifs is 3. The molecule has 1 aromatic rings. The zero-order valence-corrected chi connectivity index (χ0v) is 16.3. The molecule has 1 N–H and O–H groups in total. The van der Waals surface area contributed by atoms with Crippen molar-refractivity contribution in [1.29, 1.82) is 0 Å². The fourth-order valence-corrected chi connectivity index (χ4v) is 6.53. The summed E-state index contributed by atoms with van der Waals surface area (Å²) in [6, 6.07) is 4.04. The second-order valence-corrected chi connectivity index (χ2v) is 10.4. The molecule has 140 valence electrons. The number of hydrogen-bond donors (Lipinski definition) is 1. The van der Waals surface area contributed by atoms with Gasteiger partial charge in [0.25, 0.3) is 11.8 Å². The Labute approximate surface area is 154 Å². The third kappa shape index (κ3) is 2.10. The summed E-state index contributed by atoms with van der Waals surface area (Å²) in [5, 5.41) is 0. The Bertz CT molecular complexity index is 937. The number of benzene rings is 1. The Hall–Kier alpha value is -1.73. The standard InChI is InChI=1S/C19H24N2O4S/c1-18(2)11-7-8-19(18,3)15(9-11)20-26(24,25)12-5-6-13-14(10-12)17(23)21(4)16(13)22/h5-6,10-11,15,20H,7-9H2,1-4H3. The summed E-state index contributed by atoms with van der Waals surface area (Å²) in [5.41, 5.74) is 0.431. The molecule has 3 unspecified atom stereocenters. The van der Waals surface area contributed by atoms with E-state index in [0.717, 1.165) is 24.2 Å². The van der Waals surface area contributed by atoms with Gasteiger partial charge in [0, 0.05) is 13.1 Å². The first-order valence-electron chi connectivity index (χ1n) is 8.98. The smallest absolute Gasteiger partial charge is 0.261 e. The van der Waals surface area contributed by atoms with Crippen LogP contribution in [0.25, 0.3) is 0 Å². The number of carbonyl (C=O) groups is 2. The van der Waals surface area contributed by atoms with Crippen molar-refractivity contribution in [2.45, 2.75) is 51.0 Å². The second kappa shape index (κ2) is 5.16. The van der Waals surface area contributed by atoms with Crippen molar-refractivity contribution < 1.29 is 18.0 Å². The molecule has 2 aliphatic carbocycles. The first-order valence-corrected chi connectivity index (χ1v) is 10.5. The highest BCUT2D eigenvalue weighted by atomic mass is 32.2. The lowest BCUT2D eigenvalue weighted by atomic mass is 9.69. The van der Waals surface area contributed by atoms with Crippen LogP contribution < -0.4 is 4.72 Å². The van der Waals surface area contributed by atoms with Crippen molar-refractivity contribution in [3.63, 3.8) is 0 Å². The zero-order valence-electron chi connectivity index (χ0n) is 15.5. The van der Waals surface area contributed by atoms with Crippen LogP contribution >= 0.6 is 0 Å². The van der Waals surface area contributed by atoms with Crippen LogP contribution in [0, 0.1) is 16.7 Å². The highest BCUT2D eigenvalue weighted by Crippen LogP contribution is 2.65. The maximum Gasteiger partial charge on any atom is 0.261 e. The normalized spacial score (nSPS) is 32.4. The van der Waals surface area contributed by atoms with E-state index in [4.69, 9.17) is 0 Å². The fourth-order valence-electron chi connectivity index (χ4n) is 5.14. The van der Waals surface area contributed by atoms with Crippen molar-refractivity contribution in [3.8, 4) is 0 Å². The average molecular weight is 376 g/mol. The van der Waals surface area contributed by atoms with Crippen molar-refractivity contribution in [2.24, 2.45) is 16.7 Å². The number of hydrogen-bond acceptors (Lipinski definition) is 4. The Kier molecular flexibility index (Phi) is 3.51. The predicted molar refractivity (Wildman–Crippen MR) is 96.2 cm³/mol. The van der Waals surface area contributed by atoms with E-state index in [2.05, 4.69) is 25.5 Å². The van der Waals surface area contributed by atoms with Crippen LogP contribution in [-0.4, -0.2) is 38.2 Å². The van der Waals surface area contributed by atoms with Gasteiger partial charge in [0.2, 0.25) is 10.0 Å². The molecule has 2 amide bonds. The Morgan fingerprint density at radius 1 is 1.12 bits per heavy atom. The molecule has 1 aromatic carbocycles. The molecule has 1 heterocycles. The summed E-state index contributed by atoms with van der Waals surface area (Å²) in [7, 11) is -2.37. The highest BCUT2D eigenvalue weighted by Gasteiger charge is 2.61. The van der Waals surface area contributed by atoms with E-state index in [1.54, 1.807) is 0 Å². The molecular weight excluding hydrogens is 352 g/mol. The quantitative estimate of drug-likeness (QED) is 0.821.